The molecule has 0 aliphatic carbocycles. The smallest absolute Gasteiger partial charge is 0.335 e. The van der Waals surface area contributed by atoms with E-state index >= 15 is 0 Å². The van der Waals surface area contributed by atoms with E-state index in [1.165, 1.54) is 12.1 Å². The highest BCUT2D eigenvalue weighted by atomic mass is 19.1. The van der Waals surface area contributed by atoms with Crippen LogP contribution in [0.5, 0.6) is 5.75 Å². The average molecular weight is 290 g/mol. The third kappa shape index (κ3) is 4.03. The number of hydrogen-bond donors (Lipinski definition) is 2. The largest absolute Gasteiger partial charge is 0.489 e. The van der Waals surface area contributed by atoms with Crippen LogP contribution >= 0.6 is 0 Å². The van der Waals surface area contributed by atoms with Crippen molar-refractivity contribution in [3.05, 3.63) is 65.0 Å². The minimum Gasteiger partial charge on any atom is -0.489 e. The first-order valence-corrected chi connectivity index (χ1v) is 6.44. The summed E-state index contributed by atoms with van der Waals surface area (Å²) in [7, 11) is 0. The zero-order valence-corrected chi connectivity index (χ0v) is 11.3. The fraction of sp³-hybridized carbons (Fsp3) is 0.188. The molecule has 5 heteroatoms. The number of carbonyl (C=O) groups is 1. The van der Waals surface area contributed by atoms with Crippen LogP contribution in [0.3, 0.4) is 0 Å². The Bertz CT molecular complexity index is 623. The molecule has 0 radical (unpaired) electrons. The lowest BCUT2D eigenvalue weighted by Gasteiger charge is -2.08. The van der Waals surface area contributed by atoms with Gasteiger partial charge >= 0.3 is 5.97 Å². The molecule has 2 rings (SSSR count). The fourth-order valence-corrected chi connectivity index (χ4v) is 1.84. The van der Waals surface area contributed by atoms with Gasteiger partial charge in [-0.3, -0.25) is 0 Å². The molecule has 21 heavy (non-hydrogen) atoms. The van der Waals surface area contributed by atoms with Gasteiger partial charge < -0.3 is 14.9 Å². The molecule has 110 valence electrons. The van der Waals surface area contributed by atoms with Gasteiger partial charge in [0.2, 0.25) is 0 Å². The van der Waals surface area contributed by atoms with E-state index in [0.717, 1.165) is 11.6 Å². The molecular formula is C16H15FO4. The minimum absolute atomic E-state index is 0.0189. The average Bonchev–Trinajstić information content (AvgIpc) is 2.47. The first-order valence-electron chi connectivity index (χ1n) is 6.44. The highest BCUT2D eigenvalue weighted by Crippen LogP contribution is 2.17. The third-order valence-corrected chi connectivity index (χ3v) is 3.02. The maximum atomic E-state index is 13.7. The van der Waals surface area contributed by atoms with Crippen LogP contribution in [0, 0.1) is 5.82 Å². The molecule has 0 saturated carbocycles. The van der Waals surface area contributed by atoms with E-state index < -0.39 is 11.8 Å². The van der Waals surface area contributed by atoms with E-state index in [4.69, 9.17) is 14.9 Å². The van der Waals surface area contributed by atoms with E-state index in [0.29, 0.717) is 17.7 Å². The number of benzene rings is 2. The zero-order chi connectivity index (χ0) is 15.2. The third-order valence-electron chi connectivity index (χ3n) is 3.02. The molecule has 0 fully saturated rings. The van der Waals surface area contributed by atoms with Crippen molar-refractivity contribution < 1.29 is 24.1 Å². The molecule has 0 amide bonds. The van der Waals surface area contributed by atoms with E-state index in [-0.39, 0.29) is 18.8 Å². The standard InChI is InChI=1S/C16H15FO4/c17-15-9-12(16(19)20)3-4-13(15)10-21-14-5-1-11(2-6-14)7-8-18/h1-6,9,18H,7-8,10H2,(H,19,20). The molecule has 2 aromatic carbocycles. The van der Waals surface area contributed by atoms with Crippen molar-refractivity contribution in [2.24, 2.45) is 0 Å². The van der Waals surface area contributed by atoms with Gasteiger partial charge in [0.1, 0.15) is 18.2 Å². The number of carboxylic acids is 1. The van der Waals surface area contributed by atoms with Crippen LogP contribution in [-0.4, -0.2) is 22.8 Å². The lowest BCUT2D eigenvalue weighted by atomic mass is 10.1. The van der Waals surface area contributed by atoms with Crippen LogP contribution in [0.4, 0.5) is 4.39 Å². The normalized spacial score (nSPS) is 10.4. The Balaban J connectivity index is 2.01. The summed E-state index contributed by atoms with van der Waals surface area (Å²) in [6, 6.07) is 10.9. The van der Waals surface area contributed by atoms with Crippen molar-refractivity contribution in [2.75, 3.05) is 6.61 Å². The molecule has 0 bridgehead atoms. The topological polar surface area (TPSA) is 66.8 Å². The molecule has 0 aliphatic heterocycles. The van der Waals surface area contributed by atoms with Gasteiger partial charge in [-0.05, 0) is 36.2 Å². The number of hydrogen-bond acceptors (Lipinski definition) is 3. The van der Waals surface area contributed by atoms with Gasteiger partial charge in [0, 0.05) is 12.2 Å². The Morgan fingerprint density at radius 2 is 1.86 bits per heavy atom. The Kier molecular flexibility index (Phi) is 4.90. The van der Waals surface area contributed by atoms with Crippen LogP contribution in [0.15, 0.2) is 42.5 Å². The summed E-state index contributed by atoms with van der Waals surface area (Å²) in [6.45, 7) is 0.104. The second-order valence-corrected chi connectivity index (χ2v) is 4.52. The summed E-state index contributed by atoms with van der Waals surface area (Å²) in [6.07, 6.45) is 0.575. The predicted molar refractivity (Wildman–Crippen MR) is 74.9 cm³/mol. The lowest BCUT2D eigenvalue weighted by molar-refractivity contribution is 0.0696. The fourth-order valence-electron chi connectivity index (χ4n) is 1.84. The first-order chi connectivity index (χ1) is 10.1. The molecule has 0 aliphatic rings. The van der Waals surface area contributed by atoms with Crippen LogP contribution in [-0.2, 0) is 13.0 Å². The summed E-state index contributed by atoms with van der Waals surface area (Å²) >= 11 is 0. The molecule has 0 saturated heterocycles. The van der Waals surface area contributed by atoms with Crippen molar-refractivity contribution in [1.82, 2.24) is 0 Å². The highest BCUT2D eigenvalue weighted by molar-refractivity contribution is 5.87. The quantitative estimate of drug-likeness (QED) is 0.858. The summed E-state index contributed by atoms with van der Waals surface area (Å²) in [4.78, 5) is 10.7. The number of carboxylic acid groups (broad SMARTS) is 1. The Hall–Kier alpha value is -2.40. The molecule has 0 spiro atoms. The van der Waals surface area contributed by atoms with Crippen LogP contribution in [0.1, 0.15) is 21.5 Å². The summed E-state index contributed by atoms with van der Waals surface area (Å²) < 4.78 is 19.2. The SMILES string of the molecule is O=C(O)c1ccc(COc2ccc(CCO)cc2)c(F)c1. The van der Waals surface area contributed by atoms with Crippen molar-refractivity contribution in [3.8, 4) is 5.75 Å². The first kappa shape index (κ1) is 15.0. The van der Waals surface area contributed by atoms with E-state index in [1.54, 1.807) is 12.1 Å². The van der Waals surface area contributed by atoms with Crippen LogP contribution in [0.2, 0.25) is 0 Å². The maximum absolute atomic E-state index is 13.7. The zero-order valence-electron chi connectivity index (χ0n) is 11.3. The van der Waals surface area contributed by atoms with Crippen molar-refractivity contribution in [1.29, 1.82) is 0 Å². The Morgan fingerprint density at radius 1 is 1.14 bits per heavy atom. The number of rotatable bonds is 6. The van der Waals surface area contributed by atoms with Gasteiger partial charge in [-0.1, -0.05) is 18.2 Å². The predicted octanol–water partition coefficient (Wildman–Crippen LogP) is 2.64. The van der Waals surface area contributed by atoms with E-state index in [1.807, 2.05) is 12.1 Å². The van der Waals surface area contributed by atoms with Gasteiger partial charge in [0.05, 0.1) is 5.56 Å². The number of aromatic carboxylic acids is 1. The van der Waals surface area contributed by atoms with Gasteiger partial charge in [0.15, 0.2) is 0 Å². The number of ether oxygens (including phenoxy) is 1. The summed E-state index contributed by atoms with van der Waals surface area (Å²) in [5.74, 6) is -1.19. The highest BCUT2D eigenvalue weighted by Gasteiger charge is 2.08. The molecular weight excluding hydrogens is 275 g/mol. The van der Waals surface area contributed by atoms with Crippen molar-refractivity contribution >= 4 is 5.97 Å². The Morgan fingerprint density at radius 3 is 2.43 bits per heavy atom. The molecule has 0 heterocycles. The second kappa shape index (κ2) is 6.85. The van der Waals surface area contributed by atoms with Gasteiger partial charge in [-0.15, -0.1) is 0 Å². The molecule has 2 aromatic rings. The summed E-state index contributed by atoms with van der Waals surface area (Å²) in [5, 5.41) is 17.6. The van der Waals surface area contributed by atoms with Gasteiger partial charge in [-0.2, -0.15) is 0 Å². The lowest BCUT2D eigenvalue weighted by Crippen LogP contribution is -2.02. The number of aliphatic hydroxyl groups excluding tert-OH is 1. The monoisotopic (exact) mass is 290 g/mol. The van der Waals surface area contributed by atoms with Crippen molar-refractivity contribution in [2.45, 2.75) is 13.0 Å². The number of halogens is 1. The molecule has 4 nitrogen and oxygen atoms in total. The van der Waals surface area contributed by atoms with Gasteiger partial charge in [-0.25, -0.2) is 9.18 Å². The molecule has 0 unspecified atom stereocenters. The maximum Gasteiger partial charge on any atom is 0.335 e. The molecule has 0 atom stereocenters. The van der Waals surface area contributed by atoms with E-state index in [9.17, 15) is 9.18 Å². The van der Waals surface area contributed by atoms with Crippen molar-refractivity contribution in [3.63, 3.8) is 0 Å². The number of aliphatic hydroxyl groups is 1. The molecule has 0 aromatic heterocycles. The Labute approximate surface area is 121 Å². The second-order valence-electron chi connectivity index (χ2n) is 4.52. The minimum atomic E-state index is -1.17. The van der Waals surface area contributed by atoms with E-state index in [2.05, 4.69) is 0 Å². The molecule has 2 N–H and O–H groups in total. The van der Waals surface area contributed by atoms with Crippen LogP contribution in [0.25, 0.3) is 0 Å². The summed E-state index contributed by atoms with van der Waals surface area (Å²) in [5.41, 5.74) is 1.19. The van der Waals surface area contributed by atoms with Crippen LogP contribution < -0.4 is 4.74 Å². The van der Waals surface area contributed by atoms with Gasteiger partial charge in [0.25, 0.3) is 0 Å².